The van der Waals surface area contributed by atoms with E-state index in [0.717, 1.165) is 25.1 Å². The standard InChI is InChI=1S/C17H22N2O/c1-2-18-17(12-15-6-4-10-20-15)14-7-8-16-13(11-14)5-3-9-19-16/h3,5,7-9,11,15,17-18H,2,4,6,10,12H2,1H3. The van der Waals surface area contributed by atoms with Gasteiger partial charge in [-0.1, -0.05) is 19.1 Å². The second-order valence-electron chi connectivity index (χ2n) is 5.44. The highest BCUT2D eigenvalue weighted by molar-refractivity contribution is 5.79. The molecule has 1 fully saturated rings. The third-order valence-corrected chi connectivity index (χ3v) is 4.00. The number of benzene rings is 1. The van der Waals surface area contributed by atoms with Crippen LogP contribution in [0.3, 0.4) is 0 Å². The summed E-state index contributed by atoms with van der Waals surface area (Å²) >= 11 is 0. The minimum Gasteiger partial charge on any atom is -0.378 e. The maximum Gasteiger partial charge on any atom is 0.0702 e. The van der Waals surface area contributed by atoms with E-state index < -0.39 is 0 Å². The molecule has 2 aromatic rings. The Labute approximate surface area is 120 Å². The van der Waals surface area contributed by atoms with Gasteiger partial charge in [-0.05, 0) is 49.6 Å². The van der Waals surface area contributed by atoms with Crippen LogP contribution in [0.15, 0.2) is 36.5 Å². The lowest BCUT2D eigenvalue weighted by Gasteiger charge is -2.22. The first-order chi connectivity index (χ1) is 9.86. The van der Waals surface area contributed by atoms with Crippen molar-refractivity contribution in [1.82, 2.24) is 10.3 Å². The van der Waals surface area contributed by atoms with E-state index >= 15 is 0 Å². The van der Waals surface area contributed by atoms with Gasteiger partial charge in [0.25, 0.3) is 0 Å². The normalized spacial score (nSPS) is 20.4. The van der Waals surface area contributed by atoms with Gasteiger partial charge in [0.1, 0.15) is 0 Å². The van der Waals surface area contributed by atoms with Crippen molar-refractivity contribution in [2.45, 2.75) is 38.3 Å². The Balaban J connectivity index is 1.83. The second kappa shape index (κ2) is 6.33. The van der Waals surface area contributed by atoms with Crippen LogP contribution in [0.2, 0.25) is 0 Å². The number of rotatable bonds is 5. The molecule has 2 heterocycles. The van der Waals surface area contributed by atoms with E-state index in [0.29, 0.717) is 12.1 Å². The zero-order chi connectivity index (χ0) is 13.8. The van der Waals surface area contributed by atoms with Crippen molar-refractivity contribution in [3.8, 4) is 0 Å². The lowest BCUT2D eigenvalue weighted by atomic mass is 9.98. The van der Waals surface area contributed by atoms with Crippen LogP contribution < -0.4 is 5.32 Å². The van der Waals surface area contributed by atoms with Gasteiger partial charge in [0.2, 0.25) is 0 Å². The van der Waals surface area contributed by atoms with Gasteiger partial charge in [-0.2, -0.15) is 0 Å². The van der Waals surface area contributed by atoms with E-state index in [9.17, 15) is 0 Å². The van der Waals surface area contributed by atoms with Crippen LogP contribution in [0.25, 0.3) is 10.9 Å². The summed E-state index contributed by atoms with van der Waals surface area (Å²) in [7, 11) is 0. The number of aromatic nitrogens is 1. The van der Waals surface area contributed by atoms with Gasteiger partial charge >= 0.3 is 0 Å². The Kier molecular flexibility index (Phi) is 4.28. The van der Waals surface area contributed by atoms with Gasteiger partial charge < -0.3 is 10.1 Å². The highest BCUT2D eigenvalue weighted by Gasteiger charge is 2.21. The van der Waals surface area contributed by atoms with E-state index in [1.807, 2.05) is 12.3 Å². The molecule has 1 aliphatic rings. The fourth-order valence-corrected chi connectivity index (χ4v) is 2.99. The first-order valence-corrected chi connectivity index (χ1v) is 7.56. The van der Waals surface area contributed by atoms with Crippen LogP contribution in [0.1, 0.15) is 37.8 Å². The van der Waals surface area contributed by atoms with Crippen molar-refractivity contribution in [3.63, 3.8) is 0 Å². The number of ether oxygens (including phenoxy) is 1. The number of fused-ring (bicyclic) bond motifs is 1. The predicted molar refractivity (Wildman–Crippen MR) is 81.8 cm³/mol. The second-order valence-corrected chi connectivity index (χ2v) is 5.44. The molecule has 0 aliphatic carbocycles. The average molecular weight is 270 g/mol. The number of nitrogens with zero attached hydrogens (tertiary/aromatic N) is 1. The molecular formula is C17H22N2O. The van der Waals surface area contributed by atoms with E-state index in [2.05, 4.69) is 41.5 Å². The quantitative estimate of drug-likeness (QED) is 0.903. The molecule has 1 aromatic heterocycles. The first-order valence-electron chi connectivity index (χ1n) is 7.56. The molecule has 1 saturated heterocycles. The van der Waals surface area contributed by atoms with Gasteiger partial charge in [0.15, 0.2) is 0 Å². The fourth-order valence-electron chi connectivity index (χ4n) is 2.99. The number of nitrogens with one attached hydrogen (secondary N) is 1. The Morgan fingerprint density at radius 1 is 1.40 bits per heavy atom. The molecular weight excluding hydrogens is 248 g/mol. The van der Waals surface area contributed by atoms with Crippen molar-refractivity contribution in [2.75, 3.05) is 13.2 Å². The van der Waals surface area contributed by atoms with Crippen molar-refractivity contribution < 1.29 is 4.74 Å². The summed E-state index contributed by atoms with van der Waals surface area (Å²) in [5, 5.41) is 4.80. The summed E-state index contributed by atoms with van der Waals surface area (Å²) < 4.78 is 5.79. The van der Waals surface area contributed by atoms with Crippen LogP contribution in [0.5, 0.6) is 0 Å². The zero-order valence-corrected chi connectivity index (χ0v) is 12.0. The van der Waals surface area contributed by atoms with Crippen molar-refractivity contribution in [3.05, 3.63) is 42.1 Å². The molecule has 3 heteroatoms. The molecule has 3 nitrogen and oxygen atoms in total. The van der Waals surface area contributed by atoms with Crippen LogP contribution in [-0.4, -0.2) is 24.2 Å². The summed E-state index contributed by atoms with van der Waals surface area (Å²) in [6.45, 7) is 4.05. The maximum absolute atomic E-state index is 5.79. The summed E-state index contributed by atoms with van der Waals surface area (Å²) in [6.07, 6.45) is 5.70. The smallest absolute Gasteiger partial charge is 0.0702 e. The predicted octanol–water partition coefficient (Wildman–Crippen LogP) is 3.45. The molecule has 3 rings (SSSR count). The summed E-state index contributed by atoms with van der Waals surface area (Å²) in [5.74, 6) is 0. The molecule has 0 spiro atoms. The van der Waals surface area contributed by atoms with Gasteiger partial charge in [0.05, 0.1) is 11.6 Å². The average Bonchev–Trinajstić information content (AvgIpc) is 2.99. The number of hydrogen-bond acceptors (Lipinski definition) is 3. The molecule has 20 heavy (non-hydrogen) atoms. The maximum atomic E-state index is 5.79. The highest BCUT2D eigenvalue weighted by atomic mass is 16.5. The van der Waals surface area contributed by atoms with Crippen LogP contribution in [0, 0.1) is 0 Å². The Hall–Kier alpha value is -1.45. The number of hydrogen-bond donors (Lipinski definition) is 1. The largest absolute Gasteiger partial charge is 0.378 e. The Morgan fingerprint density at radius 2 is 2.35 bits per heavy atom. The third-order valence-electron chi connectivity index (χ3n) is 4.00. The topological polar surface area (TPSA) is 34.1 Å². The molecule has 0 saturated carbocycles. The van der Waals surface area contributed by atoms with Crippen molar-refractivity contribution in [1.29, 1.82) is 0 Å². The third kappa shape index (κ3) is 3.00. The number of pyridine rings is 1. The molecule has 0 amide bonds. The van der Waals surface area contributed by atoms with Crippen LogP contribution >= 0.6 is 0 Å². The lowest BCUT2D eigenvalue weighted by molar-refractivity contribution is 0.0948. The lowest BCUT2D eigenvalue weighted by Crippen LogP contribution is -2.25. The van der Waals surface area contributed by atoms with Gasteiger partial charge in [-0.25, -0.2) is 0 Å². The van der Waals surface area contributed by atoms with E-state index in [1.54, 1.807) is 0 Å². The molecule has 1 N–H and O–H groups in total. The molecule has 106 valence electrons. The minimum atomic E-state index is 0.368. The molecule has 0 bridgehead atoms. The molecule has 2 unspecified atom stereocenters. The molecule has 2 atom stereocenters. The van der Waals surface area contributed by atoms with E-state index in [4.69, 9.17) is 4.74 Å². The van der Waals surface area contributed by atoms with E-state index in [1.165, 1.54) is 23.8 Å². The highest BCUT2D eigenvalue weighted by Crippen LogP contribution is 2.27. The van der Waals surface area contributed by atoms with Gasteiger partial charge in [0, 0.05) is 24.2 Å². The molecule has 1 aliphatic heterocycles. The fraction of sp³-hybridized carbons (Fsp3) is 0.471. The Morgan fingerprint density at radius 3 is 3.15 bits per heavy atom. The Bertz CT molecular complexity index is 564. The van der Waals surface area contributed by atoms with Crippen molar-refractivity contribution >= 4 is 10.9 Å². The molecule has 0 radical (unpaired) electrons. The summed E-state index contributed by atoms with van der Waals surface area (Å²) in [4.78, 5) is 4.39. The van der Waals surface area contributed by atoms with Crippen LogP contribution in [-0.2, 0) is 4.74 Å². The van der Waals surface area contributed by atoms with Crippen LogP contribution in [0.4, 0.5) is 0 Å². The summed E-state index contributed by atoms with van der Waals surface area (Å²) in [5.41, 5.74) is 2.39. The van der Waals surface area contributed by atoms with Gasteiger partial charge in [-0.15, -0.1) is 0 Å². The molecule has 1 aromatic carbocycles. The SMILES string of the molecule is CCNC(CC1CCCO1)c1ccc2ncccc2c1. The zero-order valence-electron chi connectivity index (χ0n) is 12.0. The van der Waals surface area contributed by atoms with Crippen molar-refractivity contribution in [2.24, 2.45) is 0 Å². The first kappa shape index (κ1) is 13.5. The minimum absolute atomic E-state index is 0.368. The monoisotopic (exact) mass is 270 g/mol. The van der Waals surface area contributed by atoms with Gasteiger partial charge in [-0.3, -0.25) is 4.98 Å². The summed E-state index contributed by atoms with van der Waals surface area (Å²) in [6, 6.07) is 11.1. The van der Waals surface area contributed by atoms with E-state index in [-0.39, 0.29) is 0 Å².